The first kappa shape index (κ1) is 12.4. The molecule has 3 aliphatic heterocycles. The van der Waals surface area contributed by atoms with E-state index in [0.29, 0.717) is 25.9 Å². The number of nitrogens with zero attached hydrogens (tertiary/aromatic N) is 1. The summed E-state index contributed by atoms with van der Waals surface area (Å²) in [5.74, 6) is -0.138. The van der Waals surface area contributed by atoms with Crippen LogP contribution in [0, 0.1) is 0 Å². The zero-order chi connectivity index (χ0) is 13.5. The Labute approximate surface area is 111 Å². The third-order valence-electron chi connectivity index (χ3n) is 4.30. The van der Waals surface area contributed by atoms with Gasteiger partial charge in [-0.2, -0.15) is 0 Å². The summed E-state index contributed by atoms with van der Waals surface area (Å²) in [6.45, 7) is 1.93. The van der Waals surface area contributed by atoms with Crippen LogP contribution in [0.15, 0.2) is 0 Å². The summed E-state index contributed by atoms with van der Waals surface area (Å²) in [7, 11) is 0. The predicted molar refractivity (Wildman–Crippen MR) is 66.2 cm³/mol. The van der Waals surface area contributed by atoms with E-state index in [-0.39, 0.29) is 17.9 Å². The molecule has 19 heavy (non-hydrogen) atoms. The molecule has 1 spiro atoms. The van der Waals surface area contributed by atoms with Gasteiger partial charge in [-0.3, -0.25) is 14.9 Å². The number of hydrogen-bond acceptors (Lipinski definition) is 4. The molecule has 3 heterocycles. The Morgan fingerprint density at radius 1 is 1.26 bits per heavy atom. The molecule has 0 bridgehead atoms. The lowest BCUT2D eigenvalue weighted by atomic mass is 9.87. The van der Waals surface area contributed by atoms with E-state index >= 15 is 0 Å². The summed E-state index contributed by atoms with van der Waals surface area (Å²) in [6, 6.07) is -0.497. The van der Waals surface area contributed by atoms with Gasteiger partial charge in [-0.25, -0.2) is 4.79 Å². The Hall–Kier alpha value is -1.63. The van der Waals surface area contributed by atoms with Crippen molar-refractivity contribution in [2.75, 3.05) is 19.6 Å². The quantitative estimate of drug-likeness (QED) is 0.528. The van der Waals surface area contributed by atoms with Crippen molar-refractivity contribution < 1.29 is 14.4 Å². The average Bonchev–Trinajstić information content (AvgIpc) is 2.99. The summed E-state index contributed by atoms with van der Waals surface area (Å²) >= 11 is 0. The Morgan fingerprint density at radius 3 is 2.53 bits per heavy atom. The first-order chi connectivity index (χ1) is 9.11. The number of carbonyl (C=O) groups is 3. The highest BCUT2D eigenvalue weighted by Crippen LogP contribution is 2.26. The molecule has 0 saturated carbocycles. The van der Waals surface area contributed by atoms with Gasteiger partial charge in [-0.05, 0) is 32.2 Å². The Bertz CT molecular complexity index is 423. The van der Waals surface area contributed by atoms with Crippen molar-refractivity contribution >= 4 is 17.8 Å². The molecule has 0 aromatic heterocycles. The minimum Gasteiger partial charge on any atom is -0.341 e. The van der Waals surface area contributed by atoms with Gasteiger partial charge in [-0.15, -0.1) is 0 Å². The summed E-state index contributed by atoms with van der Waals surface area (Å²) < 4.78 is 0. The van der Waals surface area contributed by atoms with Crippen molar-refractivity contribution in [2.24, 2.45) is 0 Å². The van der Waals surface area contributed by atoms with E-state index in [1.807, 2.05) is 0 Å². The zero-order valence-corrected chi connectivity index (χ0v) is 10.7. The lowest BCUT2D eigenvalue weighted by molar-refractivity contribution is -0.137. The molecule has 0 unspecified atom stereocenters. The molecule has 7 nitrogen and oxygen atoms in total. The van der Waals surface area contributed by atoms with Crippen LogP contribution in [-0.4, -0.2) is 54.0 Å². The van der Waals surface area contributed by atoms with Crippen LogP contribution in [0.25, 0.3) is 0 Å². The number of amides is 4. The van der Waals surface area contributed by atoms with E-state index in [1.54, 1.807) is 4.90 Å². The topological polar surface area (TPSA) is 90.5 Å². The Morgan fingerprint density at radius 2 is 2.00 bits per heavy atom. The van der Waals surface area contributed by atoms with Gasteiger partial charge in [0, 0.05) is 13.1 Å². The van der Waals surface area contributed by atoms with Crippen LogP contribution < -0.4 is 16.0 Å². The molecular formula is C12H18N4O3. The predicted octanol–water partition coefficient (Wildman–Crippen LogP) is -1.06. The molecule has 0 aliphatic carbocycles. The van der Waals surface area contributed by atoms with Crippen molar-refractivity contribution in [1.29, 1.82) is 0 Å². The van der Waals surface area contributed by atoms with Crippen LogP contribution in [0.5, 0.6) is 0 Å². The fourth-order valence-electron chi connectivity index (χ4n) is 3.10. The monoisotopic (exact) mass is 266 g/mol. The molecule has 3 N–H and O–H groups in total. The van der Waals surface area contributed by atoms with Crippen LogP contribution in [-0.2, 0) is 9.59 Å². The number of likely N-dealkylation sites (tertiary alicyclic amines) is 1. The number of piperidine rings is 1. The molecule has 3 rings (SSSR count). The van der Waals surface area contributed by atoms with E-state index in [4.69, 9.17) is 0 Å². The second-order valence-electron chi connectivity index (χ2n) is 5.46. The zero-order valence-electron chi connectivity index (χ0n) is 10.7. The summed E-state index contributed by atoms with van der Waals surface area (Å²) in [5.41, 5.74) is -0.795. The van der Waals surface area contributed by atoms with Gasteiger partial charge in [0.25, 0.3) is 5.91 Å². The standard InChI is InChI=1S/C12H18N4O3/c17-9(8-2-1-5-13-8)16-6-3-12(4-7-16)10(18)14-11(19)15-12/h8,13H,1-7H2,(H2,14,15,18,19)/t8-/m1/s1. The molecule has 0 aromatic carbocycles. The molecule has 104 valence electrons. The number of nitrogens with one attached hydrogen (secondary N) is 3. The van der Waals surface area contributed by atoms with Crippen molar-refractivity contribution in [3.05, 3.63) is 0 Å². The number of carbonyl (C=O) groups excluding carboxylic acids is 3. The minimum atomic E-state index is -0.795. The van der Waals surface area contributed by atoms with Crippen molar-refractivity contribution in [3.8, 4) is 0 Å². The van der Waals surface area contributed by atoms with Crippen LogP contribution >= 0.6 is 0 Å². The molecule has 1 atom stereocenters. The molecule has 3 fully saturated rings. The van der Waals surface area contributed by atoms with E-state index < -0.39 is 11.6 Å². The highest BCUT2D eigenvalue weighted by Gasteiger charge is 2.48. The molecular weight excluding hydrogens is 248 g/mol. The minimum absolute atomic E-state index is 0.0685. The second-order valence-corrected chi connectivity index (χ2v) is 5.46. The largest absolute Gasteiger partial charge is 0.341 e. The van der Waals surface area contributed by atoms with Gasteiger partial charge >= 0.3 is 6.03 Å². The van der Waals surface area contributed by atoms with Gasteiger partial charge < -0.3 is 15.5 Å². The molecule has 0 aromatic rings. The van der Waals surface area contributed by atoms with Crippen LogP contribution in [0.3, 0.4) is 0 Å². The maximum absolute atomic E-state index is 12.2. The lowest BCUT2D eigenvalue weighted by Crippen LogP contribution is -2.57. The highest BCUT2D eigenvalue weighted by atomic mass is 16.2. The van der Waals surface area contributed by atoms with Gasteiger partial charge in [0.05, 0.1) is 6.04 Å². The average molecular weight is 266 g/mol. The number of urea groups is 1. The Balaban J connectivity index is 1.61. The smallest absolute Gasteiger partial charge is 0.322 e. The van der Waals surface area contributed by atoms with Crippen molar-refractivity contribution in [1.82, 2.24) is 20.9 Å². The van der Waals surface area contributed by atoms with Gasteiger partial charge in [0.1, 0.15) is 5.54 Å². The molecule has 0 radical (unpaired) electrons. The number of hydrogen-bond donors (Lipinski definition) is 3. The molecule has 3 aliphatic rings. The van der Waals surface area contributed by atoms with Gasteiger partial charge in [-0.1, -0.05) is 0 Å². The number of rotatable bonds is 1. The van der Waals surface area contributed by atoms with E-state index in [2.05, 4.69) is 16.0 Å². The van der Waals surface area contributed by atoms with Crippen LogP contribution in [0.4, 0.5) is 4.79 Å². The fraction of sp³-hybridized carbons (Fsp3) is 0.750. The first-order valence-electron chi connectivity index (χ1n) is 6.76. The Kier molecular flexibility index (Phi) is 2.93. The fourth-order valence-corrected chi connectivity index (χ4v) is 3.10. The second kappa shape index (κ2) is 4.48. The molecule has 3 saturated heterocycles. The summed E-state index contributed by atoms with van der Waals surface area (Å²) in [5, 5.41) is 8.16. The third-order valence-corrected chi connectivity index (χ3v) is 4.30. The van der Waals surface area contributed by atoms with Crippen LogP contribution in [0.2, 0.25) is 0 Å². The maximum Gasteiger partial charge on any atom is 0.322 e. The number of imide groups is 1. The van der Waals surface area contributed by atoms with E-state index in [1.165, 1.54) is 0 Å². The molecule has 7 heteroatoms. The van der Waals surface area contributed by atoms with Gasteiger partial charge in [0.2, 0.25) is 5.91 Å². The highest BCUT2D eigenvalue weighted by molar-refractivity contribution is 6.07. The summed E-state index contributed by atoms with van der Waals surface area (Å²) in [6.07, 6.45) is 2.90. The van der Waals surface area contributed by atoms with Crippen molar-refractivity contribution in [3.63, 3.8) is 0 Å². The molecule has 4 amide bonds. The van der Waals surface area contributed by atoms with Gasteiger partial charge in [0.15, 0.2) is 0 Å². The van der Waals surface area contributed by atoms with Crippen LogP contribution in [0.1, 0.15) is 25.7 Å². The third kappa shape index (κ3) is 2.07. The SMILES string of the molecule is O=C1NC(=O)C2(CCN(C(=O)[C@H]3CCCN3)CC2)N1. The van der Waals surface area contributed by atoms with E-state index in [9.17, 15) is 14.4 Å². The van der Waals surface area contributed by atoms with Crippen molar-refractivity contribution in [2.45, 2.75) is 37.3 Å². The maximum atomic E-state index is 12.2. The van der Waals surface area contributed by atoms with E-state index in [0.717, 1.165) is 19.4 Å². The normalized spacial score (nSPS) is 29.5. The summed E-state index contributed by atoms with van der Waals surface area (Å²) in [4.78, 5) is 37.0. The lowest BCUT2D eigenvalue weighted by Gasteiger charge is -2.37. The first-order valence-corrected chi connectivity index (χ1v) is 6.76.